The van der Waals surface area contributed by atoms with Crippen LogP contribution in [0.2, 0.25) is 0 Å². The van der Waals surface area contributed by atoms with Gasteiger partial charge >= 0.3 is 5.97 Å². The Labute approximate surface area is 215 Å². The van der Waals surface area contributed by atoms with E-state index in [9.17, 15) is 9.90 Å². The molecule has 0 bridgehead atoms. The summed E-state index contributed by atoms with van der Waals surface area (Å²) in [6.45, 7) is 4.18. The number of carboxylic acids is 1. The van der Waals surface area contributed by atoms with E-state index in [0.717, 1.165) is 32.7 Å². The third-order valence-corrected chi connectivity index (χ3v) is 6.71. The predicted octanol–water partition coefficient (Wildman–Crippen LogP) is 6.40. The van der Waals surface area contributed by atoms with E-state index in [4.69, 9.17) is 14.2 Å². The maximum absolute atomic E-state index is 12.0. The van der Waals surface area contributed by atoms with Crippen molar-refractivity contribution >= 4 is 28.6 Å². The molecule has 1 aromatic heterocycles. The SMILES string of the molecule is COc1ccc2ncc(COc3ccccc3CC(Sc3ccccc3)C(=O)O)c(OC(C)C)c2c1. The summed E-state index contributed by atoms with van der Waals surface area (Å²) in [6.07, 6.45) is 2.05. The minimum absolute atomic E-state index is 0.0424. The molecule has 0 spiro atoms. The molecule has 0 saturated carbocycles. The highest BCUT2D eigenvalue weighted by atomic mass is 32.2. The van der Waals surface area contributed by atoms with Crippen LogP contribution in [0.15, 0.2) is 83.9 Å². The maximum Gasteiger partial charge on any atom is 0.317 e. The van der Waals surface area contributed by atoms with Crippen molar-refractivity contribution in [1.29, 1.82) is 0 Å². The summed E-state index contributed by atoms with van der Waals surface area (Å²) in [5.41, 5.74) is 2.43. The van der Waals surface area contributed by atoms with Gasteiger partial charge in [-0.3, -0.25) is 9.78 Å². The molecule has 0 saturated heterocycles. The Morgan fingerprint density at radius 2 is 1.75 bits per heavy atom. The van der Waals surface area contributed by atoms with Crippen molar-refractivity contribution in [2.45, 2.75) is 43.1 Å². The number of fused-ring (bicyclic) bond motifs is 1. The number of para-hydroxylation sites is 1. The molecule has 1 heterocycles. The molecule has 7 heteroatoms. The van der Waals surface area contributed by atoms with Gasteiger partial charge in [-0.15, -0.1) is 11.8 Å². The molecule has 1 N–H and O–H groups in total. The number of aromatic nitrogens is 1. The van der Waals surface area contributed by atoms with Crippen LogP contribution in [0.3, 0.4) is 0 Å². The van der Waals surface area contributed by atoms with Crippen LogP contribution in [0.25, 0.3) is 10.9 Å². The van der Waals surface area contributed by atoms with Gasteiger partial charge in [-0.05, 0) is 62.2 Å². The second-order valence-corrected chi connectivity index (χ2v) is 9.80. The van der Waals surface area contributed by atoms with E-state index in [1.807, 2.05) is 86.6 Å². The van der Waals surface area contributed by atoms with Crippen LogP contribution in [0, 0.1) is 0 Å². The van der Waals surface area contributed by atoms with Crippen LogP contribution in [0.4, 0.5) is 0 Å². The number of benzene rings is 3. The third kappa shape index (κ3) is 6.29. The number of hydrogen-bond donors (Lipinski definition) is 1. The van der Waals surface area contributed by atoms with Gasteiger partial charge in [-0.25, -0.2) is 0 Å². The Hall–Kier alpha value is -3.71. The van der Waals surface area contributed by atoms with Crippen molar-refractivity contribution in [2.24, 2.45) is 0 Å². The van der Waals surface area contributed by atoms with Gasteiger partial charge in [0.25, 0.3) is 0 Å². The molecule has 1 unspecified atom stereocenters. The van der Waals surface area contributed by atoms with Gasteiger partial charge in [0.05, 0.1) is 24.3 Å². The van der Waals surface area contributed by atoms with Crippen LogP contribution in [-0.2, 0) is 17.8 Å². The number of carbonyl (C=O) groups is 1. The second kappa shape index (κ2) is 11.8. The Morgan fingerprint density at radius 1 is 1.00 bits per heavy atom. The number of pyridine rings is 1. The molecule has 0 amide bonds. The Morgan fingerprint density at radius 3 is 2.47 bits per heavy atom. The van der Waals surface area contributed by atoms with E-state index in [0.29, 0.717) is 17.9 Å². The highest BCUT2D eigenvalue weighted by Gasteiger charge is 2.22. The van der Waals surface area contributed by atoms with Crippen molar-refractivity contribution in [3.8, 4) is 17.2 Å². The molecule has 0 aliphatic carbocycles. The molecule has 6 nitrogen and oxygen atoms in total. The topological polar surface area (TPSA) is 77.9 Å². The zero-order valence-corrected chi connectivity index (χ0v) is 21.3. The average molecular weight is 504 g/mol. The lowest BCUT2D eigenvalue weighted by Gasteiger charge is -2.19. The maximum atomic E-state index is 12.0. The summed E-state index contributed by atoms with van der Waals surface area (Å²) in [4.78, 5) is 17.5. The highest BCUT2D eigenvalue weighted by molar-refractivity contribution is 8.00. The summed E-state index contributed by atoms with van der Waals surface area (Å²) in [7, 11) is 1.63. The number of aliphatic carboxylic acids is 1. The van der Waals surface area contributed by atoms with Gasteiger partial charge in [0, 0.05) is 16.5 Å². The Bertz CT molecular complexity index is 1330. The first-order valence-electron chi connectivity index (χ1n) is 11.7. The van der Waals surface area contributed by atoms with E-state index in [1.54, 1.807) is 13.3 Å². The lowest BCUT2D eigenvalue weighted by molar-refractivity contribution is -0.136. The zero-order valence-electron chi connectivity index (χ0n) is 20.5. The molecule has 0 radical (unpaired) electrons. The lowest BCUT2D eigenvalue weighted by atomic mass is 10.1. The van der Waals surface area contributed by atoms with Gasteiger partial charge in [0.15, 0.2) is 0 Å². The number of hydrogen-bond acceptors (Lipinski definition) is 6. The molecule has 36 heavy (non-hydrogen) atoms. The van der Waals surface area contributed by atoms with E-state index >= 15 is 0 Å². The first-order valence-corrected chi connectivity index (χ1v) is 12.6. The standard InChI is InChI=1S/C29H29NO5S/c1-19(2)35-28-21(17-30-25-14-13-22(33-3)16-24(25)28)18-34-26-12-8-7-9-20(26)15-27(29(31)32)36-23-10-5-4-6-11-23/h4-14,16-17,19,27H,15,18H2,1-3H3,(H,31,32). The third-order valence-electron chi connectivity index (χ3n) is 5.51. The van der Waals surface area contributed by atoms with E-state index < -0.39 is 11.2 Å². The molecule has 4 aromatic rings. The number of thioether (sulfide) groups is 1. The van der Waals surface area contributed by atoms with E-state index in [1.165, 1.54) is 11.8 Å². The highest BCUT2D eigenvalue weighted by Crippen LogP contribution is 2.34. The fourth-order valence-electron chi connectivity index (χ4n) is 3.80. The molecule has 0 aliphatic rings. The van der Waals surface area contributed by atoms with Crippen molar-refractivity contribution in [2.75, 3.05) is 7.11 Å². The van der Waals surface area contributed by atoms with Crippen LogP contribution in [-0.4, -0.2) is 34.5 Å². The molecule has 0 aliphatic heterocycles. The first-order chi connectivity index (χ1) is 17.4. The minimum Gasteiger partial charge on any atom is -0.497 e. The van der Waals surface area contributed by atoms with Crippen molar-refractivity contribution in [3.63, 3.8) is 0 Å². The Kier molecular flexibility index (Phi) is 8.33. The summed E-state index contributed by atoms with van der Waals surface area (Å²) in [6, 6.07) is 22.8. The van der Waals surface area contributed by atoms with Crippen LogP contribution in [0.1, 0.15) is 25.0 Å². The molecule has 1 atom stereocenters. The van der Waals surface area contributed by atoms with Gasteiger partial charge in [0.2, 0.25) is 0 Å². The summed E-state index contributed by atoms with van der Waals surface area (Å²) >= 11 is 1.33. The van der Waals surface area contributed by atoms with Gasteiger partial charge in [-0.2, -0.15) is 0 Å². The molecular formula is C29H29NO5S. The number of methoxy groups -OCH3 is 1. The molecule has 4 rings (SSSR count). The number of rotatable bonds is 11. The Balaban J connectivity index is 1.58. The second-order valence-electron chi connectivity index (χ2n) is 8.52. The summed E-state index contributed by atoms with van der Waals surface area (Å²) < 4.78 is 17.8. The monoisotopic (exact) mass is 503 g/mol. The fourth-order valence-corrected chi connectivity index (χ4v) is 4.81. The van der Waals surface area contributed by atoms with E-state index in [2.05, 4.69) is 4.98 Å². The molecule has 3 aromatic carbocycles. The quantitative estimate of drug-likeness (QED) is 0.237. The largest absolute Gasteiger partial charge is 0.497 e. The lowest BCUT2D eigenvalue weighted by Crippen LogP contribution is -2.19. The van der Waals surface area contributed by atoms with Crippen LogP contribution >= 0.6 is 11.8 Å². The van der Waals surface area contributed by atoms with Crippen LogP contribution < -0.4 is 14.2 Å². The summed E-state index contributed by atoms with van der Waals surface area (Å²) in [5.74, 6) is 1.20. The zero-order chi connectivity index (χ0) is 25.5. The van der Waals surface area contributed by atoms with Crippen molar-refractivity contribution in [3.05, 3.63) is 90.1 Å². The fraction of sp³-hybridized carbons (Fsp3) is 0.241. The number of ether oxygens (including phenoxy) is 3. The average Bonchev–Trinajstić information content (AvgIpc) is 2.88. The first kappa shape index (κ1) is 25.4. The molecule has 186 valence electrons. The van der Waals surface area contributed by atoms with Gasteiger partial charge in [-0.1, -0.05) is 36.4 Å². The van der Waals surface area contributed by atoms with Crippen molar-refractivity contribution in [1.82, 2.24) is 4.98 Å². The van der Waals surface area contributed by atoms with Gasteiger partial charge < -0.3 is 19.3 Å². The predicted molar refractivity (Wildman–Crippen MR) is 142 cm³/mol. The number of nitrogens with zero attached hydrogens (tertiary/aromatic N) is 1. The van der Waals surface area contributed by atoms with Crippen LogP contribution in [0.5, 0.6) is 17.2 Å². The summed E-state index contributed by atoms with van der Waals surface area (Å²) in [5, 5.41) is 10.1. The molecule has 0 fully saturated rings. The minimum atomic E-state index is -0.862. The van der Waals surface area contributed by atoms with Gasteiger partial charge in [0.1, 0.15) is 29.1 Å². The molecular weight excluding hydrogens is 474 g/mol. The number of carboxylic acid groups (broad SMARTS) is 1. The van der Waals surface area contributed by atoms with Crippen molar-refractivity contribution < 1.29 is 24.1 Å². The smallest absolute Gasteiger partial charge is 0.317 e. The normalized spacial score (nSPS) is 11.9. The van der Waals surface area contributed by atoms with E-state index in [-0.39, 0.29) is 12.7 Å².